The van der Waals surface area contributed by atoms with Crippen LogP contribution in [0.3, 0.4) is 0 Å². The van der Waals surface area contributed by atoms with Crippen molar-refractivity contribution in [1.29, 1.82) is 0 Å². The van der Waals surface area contributed by atoms with Gasteiger partial charge in [0, 0.05) is 6.42 Å². The zero-order chi connectivity index (χ0) is 10.5. The number of rotatable bonds is 5. The van der Waals surface area contributed by atoms with Gasteiger partial charge < -0.3 is 8.83 Å². The fraction of sp³-hybridized carbons (Fsp3) is 0.308. The molecule has 2 aromatic heterocycles. The molecule has 0 unspecified atom stereocenters. The van der Waals surface area contributed by atoms with Crippen LogP contribution in [0.15, 0.2) is 39.6 Å². The summed E-state index contributed by atoms with van der Waals surface area (Å²) in [4.78, 5) is 0. The Bertz CT molecular complexity index is 384. The molecule has 2 heteroatoms. The molecule has 0 saturated heterocycles. The average molecular weight is 203 g/mol. The molecule has 0 fully saturated rings. The van der Waals surface area contributed by atoms with E-state index in [4.69, 9.17) is 8.83 Å². The highest BCUT2D eigenvalue weighted by molar-refractivity contribution is 5.55. The zero-order valence-electron chi connectivity index (χ0n) is 8.90. The SMILES string of the molecule is CCCC[CH]c1ccc(-c2ccoc2)o1. The van der Waals surface area contributed by atoms with Crippen LogP contribution in [0.4, 0.5) is 0 Å². The summed E-state index contributed by atoms with van der Waals surface area (Å²) in [5, 5.41) is 0. The van der Waals surface area contributed by atoms with Gasteiger partial charge in [0.2, 0.25) is 0 Å². The monoisotopic (exact) mass is 203 g/mol. The molecule has 0 aromatic carbocycles. The summed E-state index contributed by atoms with van der Waals surface area (Å²) in [5.41, 5.74) is 0.991. The second-order valence-electron chi connectivity index (χ2n) is 3.56. The summed E-state index contributed by atoms with van der Waals surface area (Å²) in [7, 11) is 0. The summed E-state index contributed by atoms with van der Waals surface area (Å²) >= 11 is 0. The first-order chi connectivity index (χ1) is 7.40. The summed E-state index contributed by atoms with van der Waals surface area (Å²) in [6.07, 6.45) is 8.97. The molecular formula is C13H15O2. The van der Waals surface area contributed by atoms with E-state index >= 15 is 0 Å². The maximum atomic E-state index is 5.66. The van der Waals surface area contributed by atoms with Crippen molar-refractivity contribution in [1.82, 2.24) is 0 Å². The van der Waals surface area contributed by atoms with Crippen molar-refractivity contribution in [2.75, 3.05) is 0 Å². The molecule has 79 valence electrons. The molecule has 2 aromatic rings. The molecule has 0 amide bonds. The molecule has 15 heavy (non-hydrogen) atoms. The highest BCUT2D eigenvalue weighted by Gasteiger charge is 2.05. The second kappa shape index (κ2) is 4.87. The number of hydrogen-bond donors (Lipinski definition) is 0. The van der Waals surface area contributed by atoms with E-state index in [0.29, 0.717) is 0 Å². The van der Waals surface area contributed by atoms with Gasteiger partial charge in [0.25, 0.3) is 0 Å². The van der Waals surface area contributed by atoms with Gasteiger partial charge in [0.15, 0.2) is 0 Å². The fourth-order valence-electron chi connectivity index (χ4n) is 1.47. The summed E-state index contributed by atoms with van der Waals surface area (Å²) in [6.45, 7) is 2.19. The van der Waals surface area contributed by atoms with Gasteiger partial charge in [0.05, 0.1) is 11.8 Å². The molecule has 0 saturated carbocycles. The molecule has 1 radical (unpaired) electrons. The van der Waals surface area contributed by atoms with Gasteiger partial charge in [-0.3, -0.25) is 0 Å². The summed E-state index contributed by atoms with van der Waals surface area (Å²) in [6, 6.07) is 5.87. The number of hydrogen-bond acceptors (Lipinski definition) is 2. The highest BCUT2D eigenvalue weighted by atomic mass is 16.3. The first-order valence-corrected chi connectivity index (χ1v) is 5.36. The summed E-state index contributed by atoms with van der Waals surface area (Å²) in [5.74, 6) is 1.81. The minimum atomic E-state index is 0.867. The van der Waals surface area contributed by atoms with E-state index in [1.165, 1.54) is 12.8 Å². The zero-order valence-corrected chi connectivity index (χ0v) is 8.90. The largest absolute Gasteiger partial charge is 0.472 e. The maximum absolute atomic E-state index is 5.66. The van der Waals surface area contributed by atoms with E-state index in [0.717, 1.165) is 23.5 Å². The van der Waals surface area contributed by atoms with Gasteiger partial charge in [-0.15, -0.1) is 0 Å². The number of unbranched alkanes of at least 4 members (excludes halogenated alkanes) is 2. The third-order valence-electron chi connectivity index (χ3n) is 2.34. The van der Waals surface area contributed by atoms with Gasteiger partial charge in [-0.05, 0) is 24.6 Å². The predicted octanol–water partition coefficient (Wildman–Crippen LogP) is 4.28. The fourth-order valence-corrected chi connectivity index (χ4v) is 1.47. The van der Waals surface area contributed by atoms with E-state index in [1.54, 1.807) is 12.5 Å². The Morgan fingerprint density at radius 3 is 2.93 bits per heavy atom. The predicted molar refractivity (Wildman–Crippen MR) is 59.3 cm³/mol. The average Bonchev–Trinajstić information content (AvgIpc) is 2.87. The molecule has 0 aliphatic carbocycles. The van der Waals surface area contributed by atoms with Gasteiger partial charge in [-0.25, -0.2) is 0 Å². The third-order valence-corrected chi connectivity index (χ3v) is 2.34. The van der Waals surface area contributed by atoms with Crippen molar-refractivity contribution < 1.29 is 8.83 Å². The minimum absolute atomic E-state index is 0.867. The molecule has 0 N–H and O–H groups in total. The minimum Gasteiger partial charge on any atom is -0.472 e. The van der Waals surface area contributed by atoms with E-state index in [1.807, 2.05) is 18.2 Å². The Kier molecular flexibility index (Phi) is 3.28. The smallest absolute Gasteiger partial charge is 0.137 e. The molecule has 0 aliphatic rings. The van der Waals surface area contributed by atoms with E-state index in [9.17, 15) is 0 Å². The van der Waals surface area contributed by atoms with Crippen molar-refractivity contribution in [3.8, 4) is 11.3 Å². The molecule has 2 rings (SSSR count). The lowest BCUT2D eigenvalue weighted by molar-refractivity contribution is 0.540. The van der Waals surface area contributed by atoms with Crippen molar-refractivity contribution in [3.05, 3.63) is 42.9 Å². The Labute approximate surface area is 89.9 Å². The van der Waals surface area contributed by atoms with Gasteiger partial charge in [0.1, 0.15) is 17.8 Å². The Balaban J connectivity index is 1.98. The maximum Gasteiger partial charge on any atom is 0.137 e. The van der Waals surface area contributed by atoms with Gasteiger partial charge in [-0.1, -0.05) is 19.8 Å². The van der Waals surface area contributed by atoms with Crippen LogP contribution in [0.2, 0.25) is 0 Å². The van der Waals surface area contributed by atoms with Crippen LogP contribution in [0, 0.1) is 6.42 Å². The lowest BCUT2D eigenvalue weighted by Gasteiger charge is -1.94. The lowest BCUT2D eigenvalue weighted by atomic mass is 10.2. The molecule has 2 heterocycles. The quantitative estimate of drug-likeness (QED) is 0.678. The van der Waals surface area contributed by atoms with Gasteiger partial charge in [-0.2, -0.15) is 0 Å². The van der Waals surface area contributed by atoms with E-state index < -0.39 is 0 Å². The first-order valence-electron chi connectivity index (χ1n) is 5.36. The molecule has 0 atom stereocenters. The van der Waals surface area contributed by atoms with Crippen LogP contribution in [0.25, 0.3) is 11.3 Å². The Morgan fingerprint density at radius 1 is 1.27 bits per heavy atom. The Morgan fingerprint density at radius 2 is 2.20 bits per heavy atom. The molecule has 0 aliphatic heterocycles. The normalized spacial score (nSPS) is 10.7. The van der Waals surface area contributed by atoms with Crippen LogP contribution in [-0.2, 0) is 0 Å². The van der Waals surface area contributed by atoms with Crippen LogP contribution < -0.4 is 0 Å². The van der Waals surface area contributed by atoms with Crippen molar-refractivity contribution in [2.45, 2.75) is 26.2 Å². The van der Waals surface area contributed by atoms with Crippen molar-refractivity contribution in [3.63, 3.8) is 0 Å². The molecular weight excluding hydrogens is 188 g/mol. The first kappa shape index (κ1) is 10.1. The highest BCUT2D eigenvalue weighted by Crippen LogP contribution is 2.23. The molecule has 2 nitrogen and oxygen atoms in total. The van der Waals surface area contributed by atoms with Crippen molar-refractivity contribution >= 4 is 0 Å². The summed E-state index contributed by atoms with van der Waals surface area (Å²) < 4.78 is 10.7. The molecule has 0 spiro atoms. The number of furan rings is 2. The van der Waals surface area contributed by atoms with E-state index in [2.05, 4.69) is 13.3 Å². The standard InChI is InChI=1S/C13H15O2/c1-2-3-4-5-12-6-7-13(15-12)11-8-9-14-10-11/h5-10H,2-4H2,1H3. The lowest BCUT2D eigenvalue weighted by Crippen LogP contribution is -1.77. The van der Waals surface area contributed by atoms with Crippen LogP contribution >= 0.6 is 0 Å². The van der Waals surface area contributed by atoms with Crippen LogP contribution in [0.5, 0.6) is 0 Å². The van der Waals surface area contributed by atoms with Crippen LogP contribution in [-0.4, -0.2) is 0 Å². The second-order valence-corrected chi connectivity index (χ2v) is 3.56. The third kappa shape index (κ3) is 2.52. The molecule has 0 bridgehead atoms. The van der Waals surface area contributed by atoms with Gasteiger partial charge >= 0.3 is 0 Å². The Hall–Kier alpha value is -1.44. The van der Waals surface area contributed by atoms with Crippen LogP contribution in [0.1, 0.15) is 31.9 Å². The van der Waals surface area contributed by atoms with E-state index in [-0.39, 0.29) is 0 Å². The van der Waals surface area contributed by atoms with Crippen molar-refractivity contribution in [2.24, 2.45) is 0 Å². The topological polar surface area (TPSA) is 26.3 Å².